The number of allylic oxidation sites excluding steroid dienone is 1. The number of aliphatic hydroxyl groups excluding tert-OH is 1. The van der Waals surface area contributed by atoms with Crippen LogP contribution in [0.2, 0.25) is 0 Å². The van der Waals surface area contributed by atoms with E-state index in [-0.39, 0.29) is 6.10 Å². The maximum Gasteiger partial charge on any atom is 0.282 e. The highest BCUT2D eigenvalue weighted by Crippen LogP contribution is 2.15. The van der Waals surface area contributed by atoms with Gasteiger partial charge in [0.05, 0.1) is 6.10 Å². The molecule has 0 spiro atoms. The summed E-state index contributed by atoms with van der Waals surface area (Å²) >= 11 is 0. The monoisotopic (exact) mass is 346 g/mol. The summed E-state index contributed by atoms with van der Waals surface area (Å²) in [6.07, 6.45) is 2.96. The minimum Gasteiger partial charge on any atom is -0.392 e. The minimum atomic E-state index is -3.34. The Kier molecular flexibility index (Phi) is 7.00. The first-order valence-corrected chi connectivity index (χ1v) is 9.78. The summed E-state index contributed by atoms with van der Waals surface area (Å²) in [5.74, 6) is 0. The normalized spacial score (nSPS) is 24.6. The Labute approximate surface area is 140 Å². The largest absolute Gasteiger partial charge is 0.392 e. The van der Waals surface area contributed by atoms with E-state index in [4.69, 9.17) is 0 Å². The van der Waals surface area contributed by atoms with Crippen LogP contribution in [-0.2, 0) is 10.2 Å². The molecule has 0 aromatic carbocycles. The molecule has 0 bridgehead atoms. The van der Waals surface area contributed by atoms with Crippen LogP contribution in [0.3, 0.4) is 0 Å². The van der Waals surface area contributed by atoms with Crippen LogP contribution < -0.4 is 0 Å². The van der Waals surface area contributed by atoms with Gasteiger partial charge in [0, 0.05) is 58.9 Å². The lowest BCUT2D eigenvalue weighted by Crippen LogP contribution is -2.57. The van der Waals surface area contributed by atoms with Gasteiger partial charge < -0.3 is 10.0 Å². The molecule has 7 nitrogen and oxygen atoms in total. The summed E-state index contributed by atoms with van der Waals surface area (Å²) in [7, 11) is -1.32. The van der Waals surface area contributed by atoms with Crippen LogP contribution >= 0.6 is 0 Å². The van der Waals surface area contributed by atoms with E-state index in [0.717, 1.165) is 19.5 Å². The van der Waals surface area contributed by atoms with E-state index in [1.54, 1.807) is 8.61 Å². The number of nitrogens with zero attached hydrogens (tertiary/aromatic N) is 4. The molecule has 0 saturated carbocycles. The fourth-order valence-electron chi connectivity index (χ4n) is 3.02. The van der Waals surface area contributed by atoms with Crippen molar-refractivity contribution in [2.24, 2.45) is 0 Å². The van der Waals surface area contributed by atoms with Gasteiger partial charge in [-0.1, -0.05) is 6.08 Å². The Morgan fingerprint density at radius 2 is 1.57 bits per heavy atom. The first kappa shape index (κ1) is 18.8. The molecule has 2 rings (SSSR count). The highest BCUT2D eigenvalue weighted by Gasteiger charge is 2.33. The lowest BCUT2D eigenvalue weighted by molar-refractivity contribution is 0.0853. The molecule has 1 unspecified atom stereocenters. The van der Waals surface area contributed by atoms with Crippen molar-refractivity contribution in [3.8, 4) is 0 Å². The van der Waals surface area contributed by atoms with E-state index in [1.165, 1.54) is 0 Å². The molecule has 0 aromatic heterocycles. The summed E-state index contributed by atoms with van der Waals surface area (Å²) in [4.78, 5) is 4.29. The van der Waals surface area contributed by atoms with E-state index in [2.05, 4.69) is 16.4 Å². The third-order valence-corrected chi connectivity index (χ3v) is 6.65. The molecule has 23 heavy (non-hydrogen) atoms. The van der Waals surface area contributed by atoms with Gasteiger partial charge in [-0.3, -0.25) is 4.90 Å². The maximum atomic E-state index is 12.7. The highest BCUT2D eigenvalue weighted by molar-refractivity contribution is 7.86. The number of aliphatic hydroxyl groups is 1. The van der Waals surface area contributed by atoms with Gasteiger partial charge >= 0.3 is 0 Å². The predicted molar refractivity (Wildman–Crippen MR) is 91.4 cm³/mol. The fraction of sp³-hybridized carbons (Fsp3) is 0.867. The lowest BCUT2D eigenvalue weighted by Gasteiger charge is -2.39. The van der Waals surface area contributed by atoms with Crippen molar-refractivity contribution in [2.75, 3.05) is 66.0 Å². The van der Waals surface area contributed by atoms with Gasteiger partial charge in [-0.15, -0.1) is 6.58 Å². The molecule has 1 atom stereocenters. The number of piperazine rings is 2. The summed E-state index contributed by atoms with van der Waals surface area (Å²) < 4.78 is 28.5. The molecule has 2 heterocycles. The Hall–Kier alpha value is -0.510. The molecule has 0 radical (unpaired) electrons. The topological polar surface area (TPSA) is 67.3 Å². The molecule has 2 saturated heterocycles. The fourth-order valence-corrected chi connectivity index (χ4v) is 4.60. The zero-order valence-electron chi connectivity index (χ0n) is 14.1. The molecule has 134 valence electrons. The molecule has 0 amide bonds. The number of rotatable bonds is 7. The standard InChI is InChI=1S/C15H30N4O3S/c1-3-4-5-15(20)14-17-8-12-19(13-9-17)23(21,22)18-10-6-16(2)7-11-18/h3,15,20H,1,4-14H2,2H3. The van der Waals surface area contributed by atoms with Crippen molar-refractivity contribution >= 4 is 10.2 Å². The SMILES string of the molecule is C=CCCC(O)CN1CCN(S(=O)(=O)N2CCN(C)CC2)CC1. The van der Waals surface area contributed by atoms with Gasteiger partial charge in [-0.05, 0) is 19.9 Å². The van der Waals surface area contributed by atoms with Gasteiger partial charge in [-0.2, -0.15) is 17.0 Å². The number of hydrogen-bond acceptors (Lipinski definition) is 5. The van der Waals surface area contributed by atoms with Gasteiger partial charge in [0.15, 0.2) is 0 Å². The Morgan fingerprint density at radius 1 is 1.04 bits per heavy atom. The Bertz CT molecular complexity index is 469. The van der Waals surface area contributed by atoms with E-state index in [9.17, 15) is 13.5 Å². The van der Waals surface area contributed by atoms with E-state index in [0.29, 0.717) is 52.2 Å². The van der Waals surface area contributed by atoms with Crippen LogP contribution in [-0.4, -0.2) is 104 Å². The van der Waals surface area contributed by atoms with E-state index in [1.807, 2.05) is 13.1 Å². The van der Waals surface area contributed by atoms with Crippen LogP contribution in [0.5, 0.6) is 0 Å². The van der Waals surface area contributed by atoms with Crippen LogP contribution in [0.15, 0.2) is 12.7 Å². The van der Waals surface area contributed by atoms with Crippen molar-refractivity contribution in [1.82, 2.24) is 18.4 Å². The average Bonchev–Trinajstić information content (AvgIpc) is 2.54. The molecule has 0 aliphatic carbocycles. The molecule has 8 heteroatoms. The number of likely N-dealkylation sites (N-methyl/N-ethyl adjacent to an activating group) is 1. The molecule has 2 fully saturated rings. The van der Waals surface area contributed by atoms with Crippen molar-refractivity contribution in [2.45, 2.75) is 18.9 Å². The zero-order chi connectivity index (χ0) is 16.9. The Balaban J connectivity index is 1.80. The predicted octanol–water partition coefficient (Wildman–Crippen LogP) is -0.577. The van der Waals surface area contributed by atoms with Crippen LogP contribution in [0.25, 0.3) is 0 Å². The summed E-state index contributed by atoms with van der Waals surface area (Å²) in [6.45, 7) is 9.34. The molecule has 2 aliphatic rings. The quantitative estimate of drug-likeness (QED) is 0.625. The average molecular weight is 346 g/mol. The first-order valence-electron chi connectivity index (χ1n) is 8.38. The van der Waals surface area contributed by atoms with E-state index < -0.39 is 10.2 Å². The van der Waals surface area contributed by atoms with Gasteiger partial charge in [-0.25, -0.2) is 0 Å². The smallest absolute Gasteiger partial charge is 0.282 e. The first-order chi connectivity index (χ1) is 10.9. The van der Waals surface area contributed by atoms with Gasteiger partial charge in [0.1, 0.15) is 0 Å². The summed E-state index contributed by atoms with van der Waals surface area (Å²) in [5.41, 5.74) is 0. The van der Waals surface area contributed by atoms with Crippen molar-refractivity contribution in [1.29, 1.82) is 0 Å². The van der Waals surface area contributed by atoms with Crippen molar-refractivity contribution < 1.29 is 13.5 Å². The summed E-state index contributed by atoms with van der Waals surface area (Å²) in [6, 6.07) is 0. The van der Waals surface area contributed by atoms with Gasteiger partial charge in [0.2, 0.25) is 0 Å². The van der Waals surface area contributed by atoms with Crippen LogP contribution in [0, 0.1) is 0 Å². The molecular formula is C15H30N4O3S. The van der Waals surface area contributed by atoms with Gasteiger partial charge in [0.25, 0.3) is 10.2 Å². The minimum absolute atomic E-state index is 0.367. The Morgan fingerprint density at radius 3 is 2.09 bits per heavy atom. The highest BCUT2D eigenvalue weighted by atomic mass is 32.2. The third-order valence-electron chi connectivity index (χ3n) is 4.62. The molecule has 1 N–H and O–H groups in total. The molecule has 0 aromatic rings. The second-order valence-corrected chi connectivity index (χ2v) is 8.36. The molecule has 2 aliphatic heterocycles. The number of hydrogen-bond donors (Lipinski definition) is 1. The van der Waals surface area contributed by atoms with Crippen LogP contribution in [0.1, 0.15) is 12.8 Å². The van der Waals surface area contributed by atoms with E-state index >= 15 is 0 Å². The molecular weight excluding hydrogens is 316 g/mol. The zero-order valence-corrected chi connectivity index (χ0v) is 14.9. The number of β-amino-alcohol motifs (C(OH)–C–C–N with tert-alkyl or cyclic N) is 1. The second-order valence-electron chi connectivity index (χ2n) is 6.43. The second kappa shape index (κ2) is 8.55. The maximum absolute atomic E-state index is 12.7. The third kappa shape index (κ3) is 5.23. The lowest BCUT2D eigenvalue weighted by atomic mass is 10.2. The van der Waals surface area contributed by atoms with Crippen molar-refractivity contribution in [3.63, 3.8) is 0 Å². The van der Waals surface area contributed by atoms with Crippen molar-refractivity contribution in [3.05, 3.63) is 12.7 Å². The summed E-state index contributed by atoms with van der Waals surface area (Å²) in [5, 5.41) is 9.95. The van der Waals surface area contributed by atoms with Crippen LogP contribution in [0.4, 0.5) is 0 Å².